The zero-order chi connectivity index (χ0) is 21.3. The number of carbonyl (C=O) groups excluding carboxylic acids is 1. The van der Waals surface area contributed by atoms with Crippen LogP contribution in [0, 0.1) is 11.3 Å². The van der Waals surface area contributed by atoms with E-state index in [1.807, 2.05) is 24.3 Å². The molecule has 30 heavy (non-hydrogen) atoms. The standard InChI is InChI=1S/C26H26N2O2/c1-3-4-8-24-16-21(12-15-26(29)30-2)19-28(24)18-20-10-13-22(14-11-20)25-9-6-5-7-23(25)17-27/h5-7,9-16,19H,3-4,8,18H2,1-2H3. The third-order valence-corrected chi connectivity index (χ3v) is 5.07. The van der Waals surface area contributed by atoms with Crippen LogP contribution in [0.4, 0.5) is 0 Å². The first kappa shape index (κ1) is 21.1. The number of unbranched alkanes of at least 4 members (excludes halogenated alkanes) is 1. The van der Waals surface area contributed by atoms with Gasteiger partial charge in [0.1, 0.15) is 0 Å². The van der Waals surface area contributed by atoms with Crippen molar-refractivity contribution in [2.24, 2.45) is 0 Å². The largest absolute Gasteiger partial charge is 0.466 e. The second kappa shape index (κ2) is 10.3. The van der Waals surface area contributed by atoms with Crippen molar-refractivity contribution in [2.75, 3.05) is 7.11 Å². The number of aromatic nitrogens is 1. The number of aryl methyl sites for hydroxylation is 1. The minimum absolute atomic E-state index is 0.355. The Balaban J connectivity index is 1.82. The van der Waals surface area contributed by atoms with Crippen molar-refractivity contribution in [3.8, 4) is 17.2 Å². The molecule has 1 aromatic heterocycles. The van der Waals surface area contributed by atoms with Crippen LogP contribution in [0.2, 0.25) is 0 Å². The molecule has 0 bridgehead atoms. The van der Waals surface area contributed by atoms with Crippen molar-refractivity contribution in [2.45, 2.75) is 32.7 Å². The van der Waals surface area contributed by atoms with Gasteiger partial charge in [-0.2, -0.15) is 5.26 Å². The van der Waals surface area contributed by atoms with Gasteiger partial charge in [-0.05, 0) is 53.3 Å². The van der Waals surface area contributed by atoms with Crippen LogP contribution >= 0.6 is 0 Å². The minimum Gasteiger partial charge on any atom is -0.466 e. The van der Waals surface area contributed by atoms with Crippen LogP contribution in [-0.2, 0) is 22.5 Å². The fraction of sp³-hybridized carbons (Fsp3) is 0.231. The summed E-state index contributed by atoms with van der Waals surface area (Å²) in [5.74, 6) is -0.355. The summed E-state index contributed by atoms with van der Waals surface area (Å²) < 4.78 is 6.92. The number of esters is 1. The summed E-state index contributed by atoms with van der Waals surface area (Å²) in [5.41, 5.74) is 6.10. The van der Waals surface area contributed by atoms with Crippen LogP contribution in [0.25, 0.3) is 17.2 Å². The maximum atomic E-state index is 11.4. The van der Waals surface area contributed by atoms with Crippen LogP contribution in [0.15, 0.2) is 66.9 Å². The second-order valence-electron chi connectivity index (χ2n) is 7.21. The average molecular weight is 399 g/mol. The Labute approximate surface area is 178 Å². The van der Waals surface area contributed by atoms with Gasteiger partial charge < -0.3 is 9.30 Å². The molecule has 0 unspecified atom stereocenters. The van der Waals surface area contributed by atoms with Gasteiger partial charge in [0.25, 0.3) is 0 Å². The molecule has 0 aliphatic carbocycles. The SMILES string of the molecule is CCCCc1cc(C=CC(=O)OC)cn1Cc1ccc(-c2ccccc2C#N)cc1. The van der Waals surface area contributed by atoms with E-state index >= 15 is 0 Å². The quantitative estimate of drug-likeness (QED) is 0.366. The van der Waals surface area contributed by atoms with E-state index in [0.717, 1.165) is 42.5 Å². The van der Waals surface area contributed by atoms with Crippen molar-refractivity contribution < 1.29 is 9.53 Å². The molecule has 0 spiro atoms. The Hall–Kier alpha value is -3.58. The van der Waals surface area contributed by atoms with Crippen molar-refractivity contribution in [1.29, 1.82) is 5.26 Å². The third kappa shape index (κ3) is 5.27. The number of rotatable bonds is 8. The molecule has 0 radical (unpaired) electrons. The zero-order valence-corrected chi connectivity index (χ0v) is 17.5. The molecule has 0 amide bonds. The minimum atomic E-state index is -0.355. The Bertz CT molecular complexity index is 1070. The van der Waals surface area contributed by atoms with E-state index in [9.17, 15) is 10.1 Å². The molecule has 3 aromatic rings. The lowest BCUT2D eigenvalue weighted by molar-refractivity contribution is -0.134. The molecule has 3 rings (SSSR count). The number of nitrogens with zero attached hydrogens (tertiary/aromatic N) is 2. The number of methoxy groups -OCH3 is 1. The molecule has 0 N–H and O–H groups in total. The summed E-state index contributed by atoms with van der Waals surface area (Å²) in [6, 6.07) is 20.4. The monoisotopic (exact) mass is 398 g/mol. The summed E-state index contributed by atoms with van der Waals surface area (Å²) in [6.07, 6.45) is 8.56. The number of nitriles is 1. The van der Waals surface area contributed by atoms with Gasteiger partial charge >= 0.3 is 5.97 Å². The Morgan fingerprint density at radius 3 is 2.63 bits per heavy atom. The fourth-order valence-electron chi connectivity index (χ4n) is 3.44. The number of hydrogen-bond acceptors (Lipinski definition) is 3. The summed E-state index contributed by atoms with van der Waals surface area (Å²) in [5, 5.41) is 9.34. The Morgan fingerprint density at radius 2 is 1.93 bits per heavy atom. The lowest BCUT2D eigenvalue weighted by Crippen LogP contribution is -2.03. The van der Waals surface area contributed by atoms with E-state index in [1.54, 1.807) is 6.08 Å². The Kier molecular flexibility index (Phi) is 7.24. The highest BCUT2D eigenvalue weighted by atomic mass is 16.5. The first-order chi connectivity index (χ1) is 14.6. The highest BCUT2D eigenvalue weighted by Gasteiger charge is 2.08. The van der Waals surface area contributed by atoms with E-state index in [-0.39, 0.29) is 5.97 Å². The highest BCUT2D eigenvalue weighted by molar-refractivity contribution is 5.86. The van der Waals surface area contributed by atoms with Gasteiger partial charge in [0.15, 0.2) is 0 Å². The van der Waals surface area contributed by atoms with Crippen molar-refractivity contribution >= 4 is 12.0 Å². The van der Waals surface area contributed by atoms with Gasteiger partial charge in [-0.15, -0.1) is 0 Å². The molecule has 0 saturated carbocycles. The maximum Gasteiger partial charge on any atom is 0.330 e. The predicted octanol–water partition coefficient (Wildman–Crippen LogP) is 5.60. The normalized spacial score (nSPS) is 10.8. The van der Waals surface area contributed by atoms with Crippen LogP contribution in [0.5, 0.6) is 0 Å². The summed E-state index contributed by atoms with van der Waals surface area (Å²) in [7, 11) is 1.38. The van der Waals surface area contributed by atoms with Gasteiger partial charge in [0, 0.05) is 24.5 Å². The molecular formula is C26H26N2O2. The maximum absolute atomic E-state index is 11.4. The summed E-state index contributed by atoms with van der Waals surface area (Å²) in [6.45, 7) is 2.94. The number of hydrogen-bond donors (Lipinski definition) is 0. The lowest BCUT2D eigenvalue weighted by atomic mass is 9.99. The Morgan fingerprint density at radius 1 is 1.17 bits per heavy atom. The van der Waals surface area contributed by atoms with Crippen molar-refractivity contribution in [1.82, 2.24) is 4.57 Å². The van der Waals surface area contributed by atoms with Gasteiger partial charge in [-0.25, -0.2) is 4.79 Å². The van der Waals surface area contributed by atoms with Gasteiger partial charge in [0.2, 0.25) is 0 Å². The lowest BCUT2D eigenvalue weighted by Gasteiger charge is -2.10. The van der Waals surface area contributed by atoms with Crippen molar-refractivity contribution in [3.63, 3.8) is 0 Å². The topological polar surface area (TPSA) is 55.0 Å². The van der Waals surface area contributed by atoms with Crippen molar-refractivity contribution in [3.05, 3.63) is 89.3 Å². The molecule has 4 heteroatoms. The first-order valence-corrected chi connectivity index (χ1v) is 10.2. The summed E-state index contributed by atoms with van der Waals surface area (Å²) >= 11 is 0. The predicted molar refractivity (Wildman–Crippen MR) is 120 cm³/mol. The van der Waals surface area contributed by atoms with E-state index in [0.29, 0.717) is 5.56 Å². The molecule has 0 fully saturated rings. The summed E-state index contributed by atoms with van der Waals surface area (Å²) in [4.78, 5) is 11.4. The van der Waals surface area contributed by atoms with E-state index < -0.39 is 0 Å². The van der Waals surface area contributed by atoms with Crippen LogP contribution < -0.4 is 0 Å². The molecule has 1 heterocycles. The molecule has 4 nitrogen and oxygen atoms in total. The van der Waals surface area contributed by atoms with Gasteiger partial charge in [-0.1, -0.05) is 55.8 Å². The highest BCUT2D eigenvalue weighted by Crippen LogP contribution is 2.24. The molecule has 0 aliphatic rings. The van der Waals surface area contributed by atoms with Gasteiger partial charge in [0.05, 0.1) is 18.7 Å². The van der Waals surface area contributed by atoms with E-state index in [4.69, 9.17) is 0 Å². The zero-order valence-electron chi connectivity index (χ0n) is 17.5. The second-order valence-corrected chi connectivity index (χ2v) is 7.21. The number of ether oxygens (including phenoxy) is 1. The van der Waals surface area contributed by atoms with Gasteiger partial charge in [-0.3, -0.25) is 0 Å². The molecule has 152 valence electrons. The fourth-order valence-corrected chi connectivity index (χ4v) is 3.44. The molecule has 0 atom stereocenters. The number of benzene rings is 2. The molecule has 0 saturated heterocycles. The smallest absolute Gasteiger partial charge is 0.330 e. The molecule has 0 aliphatic heterocycles. The number of carbonyl (C=O) groups is 1. The first-order valence-electron chi connectivity index (χ1n) is 10.2. The van der Waals surface area contributed by atoms with E-state index in [2.05, 4.69) is 58.8 Å². The van der Waals surface area contributed by atoms with E-state index in [1.165, 1.54) is 24.4 Å². The van der Waals surface area contributed by atoms with Crippen LogP contribution in [0.1, 0.15) is 42.1 Å². The molecule has 2 aromatic carbocycles. The van der Waals surface area contributed by atoms with Crippen LogP contribution in [0.3, 0.4) is 0 Å². The average Bonchev–Trinajstić information content (AvgIpc) is 3.17. The molecular weight excluding hydrogens is 372 g/mol. The van der Waals surface area contributed by atoms with Crippen LogP contribution in [-0.4, -0.2) is 17.6 Å². The third-order valence-electron chi connectivity index (χ3n) is 5.07.